The summed E-state index contributed by atoms with van der Waals surface area (Å²) in [5, 5.41) is 0. The number of amides is 1. The lowest BCUT2D eigenvalue weighted by atomic mass is 10.1. The van der Waals surface area contributed by atoms with E-state index < -0.39 is 5.97 Å². The fraction of sp³-hybridized carbons (Fsp3) is 0.222. The molecule has 2 aromatic rings. The van der Waals surface area contributed by atoms with Crippen molar-refractivity contribution >= 4 is 17.6 Å². The predicted octanol–water partition coefficient (Wildman–Crippen LogP) is 2.82. The number of anilines is 1. The summed E-state index contributed by atoms with van der Waals surface area (Å²) in [6.45, 7) is 1.75. The van der Waals surface area contributed by atoms with E-state index in [1.54, 1.807) is 29.2 Å². The Balaban J connectivity index is 1.67. The van der Waals surface area contributed by atoms with Crippen LogP contribution in [0.3, 0.4) is 0 Å². The fourth-order valence-electron chi connectivity index (χ4n) is 2.80. The highest BCUT2D eigenvalue weighted by Gasteiger charge is 2.30. The van der Waals surface area contributed by atoms with E-state index in [-0.39, 0.29) is 18.6 Å². The third kappa shape index (κ3) is 2.72. The Labute approximate surface area is 129 Å². The molecule has 1 aliphatic heterocycles. The highest BCUT2D eigenvalue weighted by atomic mass is 16.5. The summed E-state index contributed by atoms with van der Waals surface area (Å²) in [6.07, 6.45) is 0.828. The molecule has 0 unspecified atom stereocenters. The van der Waals surface area contributed by atoms with Crippen LogP contribution in [0.1, 0.15) is 22.8 Å². The van der Waals surface area contributed by atoms with Crippen LogP contribution in [-0.4, -0.2) is 24.5 Å². The highest BCUT2D eigenvalue weighted by Crippen LogP contribution is 2.31. The van der Waals surface area contributed by atoms with Gasteiger partial charge in [0, 0.05) is 11.7 Å². The Bertz CT molecular complexity index is 696. The van der Waals surface area contributed by atoms with Crippen molar-refractivity contribution in [1.29, 1.82) is 0 Å². The molecule has 0 saturated carbocycles. The second kappa shape index (κ2) is 6.02. The molecule has 0 bridgehead atoms. The van der Waals surface area contributed by atoms with E-state index in [0.29, 0.717) is 5.56 Å². The zero-order valence-corrected chi connectivity index (χ0v) is 12.4. The van der Waals surface area contributed by atoms with Gasteiger partial charge in [0.15, 0.2) is 6.61 Å². The molecule has 0 aromatic heterocycles. The molecule has 1 atom stereocenters. The first-order chi connectivity index (χ1) is 10.7. The van der Waals surface area contributed by atoms with Crippen molar-refractivity contribution in [3.05, 3.63) is 65.7 Å². The van der Waals surface area contributed by atoms with E-state index in [1.165, 1.54) is 0 Å². The Morgan fingerprint density at radius 2 is 1.77 bits per heavy atom. The van der Waals surface area contributed by atoms with Crippen molar-refractivity contribution < 1.29 is 14.3 Å². The van der Waals surface area contributed by atoms with Crippen LogP contribution in [0.5, 0.6) is 0 Å². The monoisotopic (exact) mass is 295 g/mol. The zero-order valence-electron chi connectivity index (χ0n) is 12.4. The third-order valence-corrected chi connectivity index (χ3v) is 3.81. The number of rotatable bonds is 3. The first-order valence-electron chi connectivity index (χ1n) is 7.29. The van der Waals surface area contributed by atoms with E-state index in [2.05, 4.69) is 0 Å². The Morgan fingerprint density at radius 3 is 2.55 bits per heavy atom. The van der Waals surface area contributed by atoms with Gasteiger partial charge in [-0.1, -0.05) is 36.4 Å². The van der Waals surface area contributed by atoms with Crippen LogP contribution in [0.25, 0.3) is 0 Å². The topological polar surface area (TPSA) is 46.6 Å². The molecule has 1 amide bonds. The van der Waals surface area contributed by atoms with E-state index >= 15 is 0 Å². The molecule has 2 aromatic carbocycles. The van der Waals surface area contributed by atoms with E-state index in [4.69, 9.17) is 4.74 Å². The average Bonchev–Trinajstić information content (AvgIpc) is 2.89. The van der Waals surface area contributed by atoms with Crippen LogP contribution in [0.4, 0.5) is 5.69 Å². The molecule has 112 valence electrons. The predicted molar refractivity (Wildman–Crippen MR) is 83.8 cm³/mol. The largest absolute Gasteiger partial charge is 0.452 e. The van der Waals surface area contributed by atoms with Gasteiger partial charge in [0.05, 0.1) is 5.56 Å². The maximum Gasteiger partial charge on any atom is 0.338 e. The number of benzene rings is 2. The molecule has 0 N–H and O–H groups in total. The van der Waals surface area contributed by atoms with Crippen LogP contribution < -0.4 is 4.90 Å². The number of hydrogen-bond acceptors (Lipinski definition) is 3. The van der Waals surface area contributed by atoms with Gasteiger partial charge < -0.3 is 9.64 Å². The first-order valence-corrected chi connectivity index (χ1v) is 7.29. The average molecular weight is 295 g/mol. The van der Waals surface area contributed by atoms with E-state index in [0.717, 1.165) is 17.7 Å². The summed E-state index contributed by atoms with van der Waals surface area (Å²) in [7, 11) is 0. The van der Waals surface area contributed by atoms with Gasteiger partial charge in [0.2, 0.25) is 0 Å². The molecule has 1 heterocycles. The number of hydrogen-bond donors (Lipinski definition) is 0. The van der Waals surface area contributed by atoms with Gasteiger partial charge >= 0.3 is 5.97 Å². The van der Waals surface area contributed by atoms with Crippen LogP contribution in [-0.2, 0) is 16.0 Å². The normalized spacial score (nSPS) is 16.2. The molecular weight excluding hydrogens is 278 g/mol. The number of nitrogens with zero attached hydrogens (tertiary/aromatic N) is 1. The number of para-hydroxylation sites is 1. The van der Waals surface area contributed by atoms with Gasteiger partial charge in [-0.15, -0.1) is 0 Å². The minimum Gasteiger partial charge on any atom is -0.452 e. The molecular formula is C18H17NO3. The molecule has 0 radical (unpaired) electrons. The van der Waals surface area contributed by atoms with Crippen molar-refractivity contribution in [2.24, 2.45) is 0 Å². The van der Waals surface area contributed by atoms with Crippen LogP contribution in [0.2, 0.25) is 0 Å². The zero-order chi connectivity index (χ0) is 15.5. The molecule has 3 rings (SSSR count). The standard InChI is InChI=1S/C18H17NO3/c1-13-11-15-9-5-6-10-16(15)19(13)17(20)12-22-18(21)14-7-3-2-4-8-14/h2-10,13H,11-12H2,1H3/t13-/m0/s1. The quantitative estimate of drug-likeness (QED) is 0.818. The lowest BCUT2D eigenvalue weighted by molar-refractivity contribution is -0.122. The Kier molecular flexibility index (Phi) is 3.92. The third-order valence-electron chi connectivity index (χ3n) is 3.81. The molecule has 0 spiro atoms. The smallest absolute Gasteiger partial charge is 0.338 e. The van der Waals surface area contributed by atoms with Gasteiger partial charge in [-0.05, 0) is 37.1 Å². The van der Waals surface area contributed by atoms with Gasteiger partial charge in [-0.3, -0.25) is 4.79 Å². The van der Waals surface area contributed by atoms with Crippen molar-refractivity contribution in [2.75, 3.05) is 11.5 Å². The lowest BCUT2D eigenvalue weighted by Crippen LogP contribution is -2.38. The summed E-state index contributed by atoms with van der Waals surface area (Å²) in [5.74, 6) is -0.671. The van der Waals surface area contributed by atoms with Crippen LogP contribution >= 0.6 is 0 Å². The number of fused-ring (bicyclic) bond motifs is 1. The van der Waals surface area contributed by atoms with Gasteiger partial charge in [-0.25, -0.2) is 4.79 Å². The maximum atomic E-state index is 12.4. The van der Waals surface area contributed by atoms with Crippen LogP contribution in [0.15, 0.2) is 54.6 Å². The summed E-state index contributed by atoms with van der Waals surface area (Å²) in [4.78, 5) is 26.0. The van der Waals surface area contributed by atoms with Crippen molar-refractivity contribution in [3.8, 4) is 0 Å². The first kappa shape index (κ1) is 14.3. The van der Waals surface area contributed by atoms with Crippen molar-refractivity contribution in [1.82, 2.24) is 0 Å². The molecule has 4 heteroatoms. The van der Waals surface area contributed by atoms with E-state index in [9.17, 15) is 9.59 Å². The molecule has 0 aliphatic carbocycles. The number of esters is 1. The molecule has 1 aliphatic rings. The number of carbonyl (C=O) groups excluding carboxylic acids is 2. The van der Waals surface area contributed by atoms with Gasteiger partial charge in [-0.2, -0.15) is 0 Å². The van der Waals surface area contributed by atoms with Crippen molar-refractivity contribution in [3.63, 3.8) is 0 Å². The van der Waals surface area contributed by atoms with Crippen molar-refractivity contribution in [2.45, 2.75) is 19.4 Å². The highest BCUT2D eigenvalue weighted by molar-refractivity contribution is 5.99. The second-order valence-corrected chi connectivity index (χ2v) is 5.39. The minimum absolute atomic E-state index is 0.0836. The maximum absolute atomic E-state index is 12.4. The molecule has 0 saturated heterocycles. The number of ether oxygens (including phenoxy) is 1. The summed E-state index contributed by atoms with van der Waals surface area (Å²) >= 11 is 0. The Morgan fingerprint density at radius 1 is 1.09 bits per heavy atom. The molecule has 0 fully saturated rings. The molecule has 22 heavy (non-hydrogen) atoms. The minimum atomic E-state index is -0.478. The summed E-state index contributed by atoms with van der Waals surface area (Å²) in [5.41, 5.74) is 2.51. The summed E-state index contributed by atoms with van der Waals surface area (Å²) in [6, 6.07) is 16.6. The van der Waals surface area contributed by atoms with Gasteiger partial charge in [0.25, 0.3) is 5.91 Å². The van der Waals surface area contributed by atoms with E-state index in [1.807, 2.05) is 37.3 Å². The number of carbonyl (C=O) groups is 2. The fourth-order valence-corrected chi connectivity index (χ4v) is 2.80. The van der Waals surface area contributed by atoms with Gasteiger partial charge in [0.1, 0.15) is 0 Å². The lowest BCUT2D eigenvalue weighted by Gasteiger charge is -2.22. The van der Waals surface area contributed by atoms with Crippen LogP contribution in [0, 0.1) is 0 Å². The Hall–Kier alpha value is -2.62. The summed E-state index contributed by atoms with van der Waals surface area (Å²) < 4.78 is 5.14. The second-order valence-electron chi connectivity index (χ2n) is 5.39. The molecule has 4 nitrogen and oxygen atoms in total. The SMILES string of the molecule is C[C@H]1Cc2ccccc2N1C(=O)COC(=O)c1ccccc1.